The Morgan fingerprint density at radius 3 is 2.48 bits per heavy atom. The molecule has 0 saturated carbocycles. The fourth-order valence-corrected chi connectivity index (χ4v) is 2.94. The van der Waals surface area contributed by atoms with Crippen molar-refractivity contribution in [2.75, 3.05) is 0 Å². The minimum atomic E-state index is 0.240. The maximum atomic E-state index is 9.81. The summed E-state index contributed by atoms with van der Waals surface area (Å²) in [6.45, 7) is 4.00. The number of benzene rings is 2. The number of rotatable bonds is 3. The molecule has 0 bridgehead atoms. The van der Waals surface area contributed by atoms with Crippen molar-refractivity contribution in [2.24, 2.45) is 0 Å². The fraction of sp³-hybridized carbons (Fsp3) is 0.167. The topological polar surface area (TPSA) is 33.1 Å². The predicted molar refractivity (Wildman–Crippen MR) is 90.8 cm³/mol. The zero-order valence-electron chi connectivity index (χ0n) is 12.3. The summed E-state index contributed by atoms with van der Waals surface area (Å²) in [6, 6.07) is 17.9. The number of nitrogens with zero attached hydrogens (tertiary/aromatic N) is 1. The summed E-state index contributed by atoms with van der Waals surface area (Å²) >= 11 is 1.78. The Balaban J connectivity index is 0.000000774. The Morgan fingerprint density at radius 2 is 1.71 bits per heavy atom. The highest BCUT2D eigenvalue weighted by molar-refractivity contribution is 7.98. The van der Waals surface area contributed by atoms with Crippen molar-refractivity contribution in [3.8, 4) is 5.75 Å². The Hall–Kier alpha value is -2.00. The summed E-state index contributed by atoms with van der Waals surface area (Å²) in [7, 11) is 0. The number of aromatic hydroxyl groups is 1. The van der Waals surface area contributed by atoms with E-state index in [9.17, 15) is 5.11 Å². The second-order valence-electron chi connectivity index (χ2n) is 4.25. The van der Waals surface area contributed by atoms with Crippen molar-refractivity contribution < 1.29 is 5.11 Å². The number of phenols is 1. The van der Waals surface area contributed by atoms with E-state index in [0.29, 0.717) is 5.52 Å². The summed E-state index contributed by atoms with van der Waals surface area (Å²) in [4.78, 5) is 5.48. The molecule has 0 aliphatic heterocycles. The quantitative estimate of drug-likeness (QED) is 0.669. The van der Waals surface area contributed by atoms with Crippen LogP contribution < -0.4 is 0 Å². The normalized spacial score (nSPS) is 10.0. The summed E-state index contributed by atoms with van der Waals surface area (Å²) in [5.41, 5.74) is 1.86. The van der Waals surface area contributed by atoms with Crippen molar-refractivity contribution in [3.05, 3.63) is 66.4 Å². The molecule has 108 valence electrons. The van der Waals surface area contributed by atoms with Gasteiger partial charge in [-0.15, -0.1) is 11.8 Å². The first-order valence-electron chi connectivity index (χ1n) is 7.08. The number of hydrogen-bond acceptors (Lipinski definition) is 3. The summed E-state index contributed by atoms with van der Waals surface area (Å²) < 4.78 is 0. The molecule has 1 N–H and O–H groups in total. The minimum Gasteiger partial charge on any atom is -0.506 e. The smallest absolute Gasteiger partial charge is 0.141 e. The molecule has 0 fully saturated rings. The van der Waals surface area contributed by atoms with Gasteiger partial charge < -0.3 is 5.11 Å². The van der Waals surface area contributed by atoms with Gasteiger partial charge in [0.25, 0.3) is 0 Å². The van der Waals surface area contributed by atoms with Gasteiger partial charge in [0.1, 0.15) is 11.3 Å². The average Bonchev–Trinajstić information content (AvgIpc) is 2.57. The predicted octanol–water partition coefficient (Wildman–Crippen LogP) is 5.26. The third-order valence-electron chi connectivity index (χ3n) is 2.98. The molecule has 0 amide bonds. The number of pyridine rings is 1. The summed E-state index contributed by atoms with van der Waals surface area (Å²) in [5, 5.41) is 10.8. The third kappa shape index (κ3) is 3.76. The lowest BCUT2D eigenvalue weighted by atomic mass is 10.1. The molecule has 21 heavy (non-hydrogen) atoms. The van der Waals surface area contributed by atoms with Crippen LogP contribution in [0.2, 0.25) is 0 Å². The first-order chi connectivity index (χ1) is 10.3. The summed E-state index contributed by atoms with van der Waals surface area (Å²) in [5.74, 6) is 1.11. The van der Waals surface area contributed by atoms with Gasteiger partial charge in [0.05, 0.1) is 0 Å². The lowest BCUT2D eigenvalue weighted by molar-refractivity contribution is 0.480. The van der Waals surface area contributed by atoms with Gasteiger partial charge in [-0.25, -0.2) is 0 Å². The van der Waals surface area contributed by atoms with Gasteiger partial charge in [-0.1, -0.05) is 44.2 Å². The van der Waals surface area contributed by atoms with Crippen LogP contribution in [0.5, 0.6) is 5.75 Å². The van der Waals surface area contributed by atoms with Crippen molar-refractivity contribution in [2.45, 2.75) is 24.5 Å². The maximum Gasteiger partial charge on any atom is 0.141 e. The van der Waals surface area contributed by atoms with E-state index in [0.717, 1.165) is 11.1 Å². The fourth-order valence-electron chi connectivity index (χ4n) is 2.02. The number of hydrogen-bond donors (Lipinski definition) is 1. The highest BCUT2D eigenvalue weighted by atomic mass is 32.2. The molecule has 1 heterocycles. The van der Waals surface area contributed by atoms with E-state index in [-0.39, 0.29) is 5.75 Å². The van der Waals surface area contributed by atoms with Crippen LogP contribution in [0, 0.1) is 0 Å². The Kier molecular flexibility index (Phi) is 5.64. The zero-order chi connectivity index (χ0) is 15.1. The highest BCUT2D eigenvalue weighted by Gasteiger charge is 2.06. The van der Waals surface area contributed by atoms with E-state index in [4.69, 9.17) is 0 Å². The van der Waals surface area contributed by atoms with E-state index in [1.54, 1.807) is 24.0 Å². The monoisotopic (exact) mass is 297 g/mol. The average molecular weight is 297 g/mol. The second-order valence-corrected chi connectivity index (χ2v) is 5.29. The molecule has 3 aromatic rings. The molecule has 2 aromatic carbocycles. The van der Waals surface area contributed by atoms with Crippen LogP contribution in [0.1, 0.15) is 19.4 Å². The Morgan fingerprint density at radius 1 is 0.952 bits per heavy atom. The zero-order valence-corrected chi connectivity index (χ0v) is 13.1. The molecule has 0 aliphatic carbocycles. The van der Waals surface area contributed by atoms with Crippen LogP contribution >= 0.6 is 11.8 Å². The van der Waals surface area contributed by atoms with Crippen molar-refractivity contribution in [3.63, 3.8) is 0 Å². The highest BCUT2D eigenvalue weighted by Crippen LogP contribution is 2.30. The van der Waals surface area contributed by atoms with Crippen LogP contribution in [0.15, 0.2) is 65.7 Å². The van der Waals surface area contributed by atoms with Crippen molar-refractivity contribution >= 4 is 22.7 Å². The van der Waals surface area contributed by atoms with Gasteiger partial charge in [-0.3, -0.25) is 4.98 Å². The number of thioether (sulfide) groups is 1. The molecule has 3 rings (SSSR count). The standard InChI is InChI=1S/C16H13NOS.C2H6/c18-15-9-8-12(14-7-4-10-17-16(14)15)11-19-13-5-2-1-3-6-13;1-2/h1-10,18H,11H2;1-2H3. The number of fused-ring (bicyclic) bond motifs is 1. The van der Waals surface area contributed by atoms with Gasteiger partial charge in [-0.2, -0.15) is 0 Å². The molecule has 0 aliphatic rings. The first-order valence-corrected chi connectivity index (χ1v) is 8.06. The lowest BCUT2D eigenvalue weighted by Gasteiger charge is -2.07. The maximum absolute atomic E-state index is 9.81. The molecule has 0 spiro atoms. The van der Waals surface area contributed by atoms with Crippen LogP contribution in [0.3, 0.4) is 0 Å². The van der Waals surface area contributed by atoms with Crippen LogP contribution in [-0.4, -0.2) is 10.1 Å². The van der Waals surface area contributed by atoms with Crippen molar-refractivity contribution in [1.82, 2.24) is 4.98 Å². The van der Waals surface area contributed by atoms with Gasteiger partial charge in [-0.05, 0) is 29.8 Å². The van der Waals surface area contributed by atoms with E-state index >= 15 is 0 Å². The van der Waals surface area contributed by atoms with Gasteiger partial charge in [0, 0.05) is 22.2 Å². The van der Waals surface area contributed by atoms with Crippen molar-refractivity contribution in [1.29, 1.82) is 0 Å². The molecule has 0 atom stereocenters. The lowest BCUT2D eigenvalue weighted by Crippen LogP contribution is -1.86. The van der Waals surface area contributed by atoms with Crippen LogP contribution in [0.4, 0.5) is 0 Å². The Labute approximate surface area is 129 Å². The van der Waals surface area contributed by atoms with E-state index in [2.05, 4.69) is 17.1 Å². The molecule has 3 heteroatoms. The Bertz CT molecular complexity index is 698. The second kappa shape index (κ2) is 7.70. The van der Waals surface area contributed by atoms with Crippen LogP contribution in [0.25, 0.3) is 10.9 Å². The molecule has 0 unspecified atom stereocenters. The van der Waals surface area contributed by atoms with Gasteiger partial charge in [0.2, 0.25) is 0 Å². The third-order valence-corrected chi connectivity index (χ3v) is 4.04. The minimum absolute atomic E-state index is 0.240. The molecule has 2 nitrogen and oxygen atoms in total. The van der Waals surface area contributed by atoms with Crippen LogP contribution in [-0.2, 0) is 5.75 Å². The molecule has 0 saturated heterocycles. The largest absolute Gasteiger partial charge is 0.506 e. The van der Waals surface area contributed by atoms with E-state index in [1.165, 1.54) is 10.5 Å². The molecular formula is C18H19NOS. The van der Waals surface area contributed by atoms with E-state index < -0.39 is 0 Å². The number of aromatic nitrogens is 1. The molecule has 1 aromatic heterocycles. The molecule has 0 radical (unpaired) electrons. The SMILES string of the molecule is CC.Oc1ccc(CSc2ccccc2)c2cccnc12. The van der Waals surface area contributed by atoms with E-state index in [1.807, 2.05) is 50.2 Å². The first kappa shape index (κ1) is 15.4. The molecular weight excluding hydrogens is 278 g/mol. The van der Waals surface area contributed by atoms with Gasteiger partial charge in [0.15, 0.2) is 0 Å². The van der Waals surface area contributed by atoms with Gasteiger partial charge >= 0.3 is 0 Å². The number of phenolic OH excluding ortho intramolecular Hbond substituents is 1. The summed E-state index contributed by atoms with van der Waals surface area (Å²) in [6.07, 6.45) is 1.70.